The van der Waals surface area contributed by atoms with Gasteiger partial charge in [-0.3, -0.25) is 0 Å². The van der Waals surface area contributed by atoms with Gasteiger partial charge < -0.3 is 19.1 Å². The van der Waals surface area contributed by atoms with Crippen molar-refractivity contribution in [2.45, 2.75) is 32.0 Å². The zero-order valence-electron chi connectivity index (χ0n) is 31.6. The van der Waals surface area contributed by atoms with E-state index in [0.717, 1.165) is 39.0 Å². The van der Waals surface area contributed by atoms with Gasteiger partial charge in [0.05, 0.1) is 8.07 Å². The molecule has 0 aliphatic carbocycles. The number of hydrogen-bond acceptors (Lipinski definition) is 4. The summed E-state index contributed by atoms with van der Waals surface area (Å²) in [4.78, 5) is 9.42. The minimum atomic E-state index is -2.11. The molecule has 0 atom stereocenters. The van der Waals surface area contributed by atoms with Crippen molar-refractivity contribution in [2.24, 2.45) is 0 Å². The molecule has 6 aromatic carbocycles. The van der Waals surface area contributed by atoms with Gasteiger partial charge in [0, 0.05) is 61.1 Å². The van der Waals surface area contributed by atoms with Crippen molar-refractivity contribution < 1.29 is 25.8 Å². The molecule has 0 unspecified atom stereocenters. The Labute approximate surface area is 343 Å². The zero-order valence-corrected chi connectivity index (χ0v) is 34.9. The van der Waals surface area contributed by atoms with Crippen LogP contribution in [0.3, 0.4) is 0 Å². The molecule has 10 rings (SSSR count). The van der Waals surface area contributed by atoms with Crippen molar-refractivity contribution in [1.82, 2.24) is 9.55 Å². The minimum absolute atomic E-state index is 0. The van der Waals surface area contributed by atoms with Gasteiger partial charge in [0.25, 0.3) is 0 Å². The Morgan fingerprint density at radius 2 is 1.30 bits per heavy atom. The molecule has 56 heavy (non-hydrogen) atoms. The van der Waals surface area contributed by atoms with E-state index in [1.54, 1.807) is 0 Å². The Balaban J connectivity index is 0.00000410. The molecular formula is C49H39N4OPtSi-3. The average Bonchev–Trinajstić information content (AvgIpc) is 3.82. The molecular weight excluding hydrogens is 884 g/mol. The van der Waals surface area contributed by atoms with Crippen LogP contribution in [0, 0.1) is 18.8 Å². The van der Waals surface area contributed by atoms with Crippen LogP contribution in [-0.2, 0) is 26.1 Å². The second-order valence-electron chi connectivity index (χ2n) is 15.4. The number of anilines is 2. The van der Waals surface area contributed by atoms with E-state index in [-0.39, 0.29) is 26.1 Å². The standard InChI is InChI=1S/C49H39N4OSi.Pt/c1-49(2)42-28-26-37(54-36-25-27-41-40-20-11-12-23-43(40)53(44(41)30-36)46-24-13-14-29-50-46)31-45(42)52-33-51(32-47(52)55(49,3)4)48-38(34-16-7-5-8-17-34)21-15-22-39(48)35-18-9-6-10-19-35;/h5-29,32-33H,1-4H3;/q-3;. The maximum absolute atomic E-state index is 6.67. The van der Waals surface area contributed by atoms with Gasteiger partial charge in [-0.2, -0.15) is 12.1 Å². The number of nitrogens with zero attached hydrogens (tertiary/aromatic N) is 4. The largest absolute Gasteiger partial charge is 0.509 e. The van der Waals surface area contributed by atoms with Gasteiger partial charge in [0.1, 0.15) is 5.82 Å². The Morgan fingerprint density at radius 3 is 2.00 bits per heavy atom. The van der Waals surface area contributed by atoms with Crippen LogP contribution in [0.4, 0.5) is 11.4 Å². The molecule has 0 N–H and O–H groups in total. The Morgan fingerprint density at radius 1 is 0.661 bits per heavy atom. The fraction of sp³-hybridized carbons (Fsp3) is 0.102. The third-order valence-corrected chi connectivity index (χ3v) is 16.9. The monoisotopic (exact) mass is 922 g/mol. The molecule has 8 aromatic rings. The molecule has 2 aliphatic heterocycles. The predicted octanol–water partition coefficient (Wildman–Crippen LogP) is 12.3. The first-order valence-electron chi connectivity index (χ1n) is 18.8. The second kappa shape index (κ2) is 13.8. The van der Waals surface area contributed by atoms with E-state index >= 15 is 0 Å². The van der Waals surface area contributed by atoms with Crippen molar-refractivity contribution in [1.29, 1.82) is 0 Å². The van der Waals surface area contributed by atoms with Crippen molar-refractivity contribution in [2.75, 3.05) is 9.80 Å². The van der Waals surface area contributed by atoms with Gasteiger partial charge in [-0.05, 0) is 46.2 Å². The number of ether oxygens (including phenoxy) is 1. The molecule has 0 spiro atoms. The average molecular weight is 923 g/mol. The first-order valence-corrected chi connectivity index (χ1v) is 21.8. The van der Waals surface area contributed by atoms with Crippen LogP contribution in [0.1, 0.15) is 19.4 Å². The molecule has 5 nitrogen and oxygen atoms in total. The molecule has 2 aromatic heterocycles. The molecule has 278 valence electrons. The van der Waals surface area contributed by atoms with Crippen LogP contribution in [-0.4, -0.2) is 17.6 Å². The van der Waals surface area contributed by atoms with E-state index in [2.05, 4.69) is 188 Å². The van der Waals surface area contributed by atoms with Crippen LogP contribution in [0.15, 0.2) is 163 Å². The predicted molar refractivity (Wildman–Crippen MR) is 228 cm³/mol. The summed E-state index contributed by atoms with van der Waals surface area (Å²) < 4.78 is 8.82. The number of benzene rings is 6. The maximum atomic E-state index is 6.67. The smallest absolute Gasteiger partial charge is 0.135 e. The summed E-state index contributed by atoms with van der Waals surface area (Å²) in [5.41, 5.74) is 10.2. The van der Waals surface area contributed by atoms with E-state index in [9.17, 15) is 0 Å². The van der Waals surface area contributed by atoms with Gasteiger partial charge in [0.15, 0.2) is 0 Å². The summed E-state index contributed by atoms with van der Waals surface area (Å²) in [7, 11) is -2.11. The molecule has 0 bridgehead atoms. The van der Waals surface area contributed by atoms with Gasteiger partial charge in [-0.25, -0.2) is 4.98 Å². The third kappa shape index (κ3) is 5.65. The van der Waals surface area contributed by atoms with Gasteiger partial charge >= 0.3 is 0 Å². The van der Waals surface area contributed by atoms with Crippen molar-refractivity contribution >= 4 is 41.3 Å². The van der Waals surface area contributed by atoms with Crippen LogP contribution in [0.25, 0.3) is 49.9 Å². The van der Waals surface area contributed by atoms with Gasteiger partial charge in [0.2, 0.25) is 0 Å². The van der Waals surface area contributed by atoms with Crippen LogP contribution in [0.5, 0.6) is 11.5 Å². The van der Waals surface area contributed by atoms with Crippen molar-refractivity contribution in [3.05, 3.63) is 188 Å². The molecule has 0 fully saturated rings. The minimum Gasteiger partial charge on any atom is -0.509 e. The summed E-state index contributed by atoms with van der Waals surface area (Å²) >= 11 is 0. The number of aromatic nitrogens is 2. The van der Waals surface area contributed by atoms with Crippen LogP contribution < -0.4 is 14.5 Å². The maximum Gasteiger partial charge on any atom is 0.135 e. The Hall–Kier alpha value is -5.68. The van der Waals surface area contributed by atoms with Gasteiger partial charge in [-0.1, -0.05) is 146 Å². The van der Waals surface area contributed by atoms with Crippen LogP contribution in [0.2, 0.25) is 13.1 Å². The number of hydrogen-bond donors (Lipinski definition) is 0. The fourth-order valence-corrected chi connectivity index (χ4v) is 11.1. The number of para-hydroxylation sites is 2. The second-order valence-corrected chi connectivity index (χ2v) is 20.4. The van der Waals surface area contributed by atoms with Crippen molar-refractivity contribution in [3.8, 4) is 39.6 Å². The summed E-state index contributed by atoms with van der Waals surface area (Å²) in [5, 5.41) is 3.52. The summed E-state index contributed by atoms with van der Waals surface area (Å²) in [6.07, 6.45) is 4.20. The fourth-order valence-electron chi connectivity index (χ4n) is 8.35. The number of rotatable bonds is 6. The Bertz CT molecular complexity index is 2720. The van der Waals surface area contributed by atoms with E-state index in [0.29, 0.717) is 11.5 Å². The summed E-state index contributed by atoms with van der Waals surface area (Å²) in [6.45, 7) is 12.0. The molecule has 7 heteroatoms. The molecule has 4 heterocycles. The summed E-state index contributed by atoms with van der Waals surface area (Å²) in [6, 6.07) is 58.2. The van der Waals surface area contributed by atoms with E-state index in [4.69, 9.17) is 9.72 Å². The molecule has 0 radical (unpaired) electrons. The van der Waals surface area contributed by atoms with Crippen LogP contribution >= 0.6 is 0 Å². The zero-order chi connectivity index (χ0) is 37.3. The SMILES string of the molecule is CC1(C)c2ccc(Oc3[c-]c4c(cc3)c3ccccc3n4-c3ccccn3)[c-]c2N2[CH-]N(c3c(-c4ccccc4)cccc3-c3ccccc3)C=C2[Si]1(C)C.[Pt]. The molecule has 0 amide bonds. The molecule has 2 aliphatic rings. The van der Waals surface area contributed by atoms with Crippen molar-refractivity contribution in [3.63, 3.8) is 0 Å². The normalized spacial score (nSPS) is 15.2. The molecule has 0 saturated carbocycles. The van der Waals surface area contributed by atoms with E-state index in [1.165, 1.54) is 33.1 Å². The first kappa shape index (κ1) is 36.0. The number of pyridine rings is 1. The van der Waals surface area contributed by atoms with E-state index in [1.807, 2.05) is 30.5 Å². The third-order valence-electron chi connectivity index (χ3n) is 11.9. The summed E-state index contributed by atoms with van der Waals surface area (Å²) in [5.74, 6) is 2.11. The Kier molecular flexibility index (Phi) is 8.87. The molecule has 0 saturated heterocycles. The first-order chi connectivity index (χ1) is 26.8. The number of fused-ring (bicyclic) bond motifs is 6. The topological polar surface area (TPSA) is 33.5 Å². The van der Waals surface area contributed by atoms with E-state index < -0.39 is 8.07 Å². The van der Waals surface area contributed by atoms with Gasteiger partial charge in [-0.15, -0.1) is 41.9 Å². The quantitative estimate of drug-likeness (QED) is 0.123.